The third-order valence-electron chi connectivity index (χ3n) is 6.70. The molecule has 3 aromatic carbocycles. The summed E-state index contributed by atoms with van der Waals surface area (Å²) in [5, 5.41) is 1.30. The number of rotatable bonds is 2. The molecule has 1 fully saturated rings. The van der Waals surface area contributed by atoms with E-state index in [2.05, 4.69) is 101 Å². The van der Waals surface area contributed by atoms with Gasteiger partial charge in [-0.1, -0.05) is 84.5 Å². The van der Waals surface area contributed by atoms with Crippen LogP contribution in [0.1, 0.15) is 40.8 Å². The van der Waals surface area contributed by atoms with Crippen LogP contribution in [0.15, 0.2) is 84.4 Å². The van der Waals surface area contributed by atoms with Gasteiger partial charge in [0.2, 0.25) is 0 Å². The Balaban J connectivity index is 0.00000216. The largest absolute Gasteiger partial charge is 0.357 e. The minimum Gasteiger partial charge on any atom is -0.357 e. The molecule has 3 heteroatoms. The maximum absolute atomic E-state index is 3.59. The maximum atomic E-state index is 3.59. The highest BCUT2D eigenvalue weighted by Crippen LogP contribution is 2.38. The first kappa shape index (κ1) is 20.8. The summed E-state index contributed by atoms with van der Waals surface area (Å²) >= 11 is 0. The molecule has 2 heterocycles. The zero-order chi connectivity index (χ0) is 20.6. The number of halogens is 1. The number of aromatic amines is 1. The predicted molar refractivity (Wildman–Crippen MR) is 138 cm³/mol. The molecule has 0 radical (unpaired) electrons. The van der Waals surface area contributed by atoms with Crippen LogP contribution in [0, 0.1) is 0 Å². The summed E-state index contributed by atoms with van der Waals surface area (Å²) in [7, 11) is 0. The highest BCUT2D eigenvalue weighted by molar-refractivity contribution is 5.95. The van der Waals surface area contributed by atoms with E-state index in [4.69, 9.17) is 0 Å². The number of nitrogens with one attached hydrogen (secondary N) is 1. The summed E-state index contributed by atoms with van der Waals surface area (Å²) in [5.74, 6) is 0. The molecular weight excluding hydrogens is 412 g/mol. The van der Waals surface area contributed by atoms with E-state index in [1.54, 1.807) is 5.57 Å². The summed E-state index contributed by atoms with van der Waals surface area (Å²) in [6.45, 7) is 3.20. The zero-order valence-corrected chi connectivity index (χ0v) is 18.9. The van der Waals surface area contributed by atoms with Crippen LogP contribution in [0.2, 0.25) is 0 Å². The van der Waals surface area contributed by atoms with E-state index in [-0.39, 0.29) is 12.4 Å². The molecule has 1 aliphatic heterocycles. The summed E-state index contributed by atoms with van der Waals surface area (Å²) in [6, 6.07) is 28.5. The van der Waals surface area contributed by atoms with Crippen molar-refractivity contribution in [2.45, 2.75) is 19.4 Å². The third-order valence-corrected chi connectivity index (χ3v) is 6.70. The van der Waals surface area contributed by atoms with Crippen LogP contribution in [0.3, 0.4) is 0 Å². The average Bonchev–Trinajstić information content (AvgIpc) is 3.14. The molecule has 0 unspecified atom stereocenters. The van der Waals surface area contributed by atoms with Crippen molar-refractivity contribution < 1.29 is 0 Å². The Kier molecular flexibility index (Phi) is 5.73. The van der Waals surface area contributed by atoms with Gasteiger partial charge in [0.05, 0.1) is 0 Å². The summed E-state index contributed by atoms with van der Waals surface area (Å²) in [6.07, 6.45) is 6.79. The van der Waals surface area contributed by atoms with Gasteiger partial charge in [0.15, 0.2) is 0 Å². The van der Waals surface area contributed by atoms with Gasteiger partial charge in [-0.25, -0.2) is 0 Å². The summed E-state index contributed by atoms with van der Waals surface area (Å²) < 4.78 is 0. The van der Waals surface area contributed by atoms with Gasteiger partial charge < -0.3 is 4.98 Å². The lowest BCUT2D eigenvalue weighted by Gasteiger charge is -2.30. The van der Waals surface area contributed by atoms with Gasteiger partial charge in [0.25, 0.3) is 0 Å². The Morgan fingerprint density at radius 2 is 1.31 bits per heavy atom. The second-order valence-corrected chi connectivity index (χ2v) is 8.64. The van der Waals surface area contributed by atoms with Crippen molar-refractivity contribution in [1.29, 1.82) is 0 Å². The Bertz CT molecular complexity index is 1230. The van der Waals surface area contributed by atoms with E-state index in [0.717, 1.165) is 32.5 Å². The molecule has 4 aromatic rings. The minimum atomic E-state index is 0. The number of para-hydroxylation sites is 1. The first-order valence-corrected chi connectivity index (χ1v) is 11.2. The molecule has 2 nitrogen and oxygen atoms in total. The highest BCUT2D eigenvalue weighted by Gasteiger charge is 2.22. The molecule has 32 heavy (non-hydrogen) atoms. The molecule has 1 N–H and O–H groups in total. The van der Waals surface area contributed by atoms with Crippen LogP contribution in [-0.2, 0) is 6.54 Å². The van der Waals surface area contributed by atoms with Crippen LogP contribution in [0.5, 0.6) is 0 Å². The quantitative estimate of drug-likeness (QED) is 0.309. The average molecular weight is 439 g/mol. The monoisotopic (exact) mass is 438 g/mol. The van der Waals surface area contributed by atoms with E-state index in [0.29, 0.717) is 0 Å². The van der Waals surface area contributed by atoms with Gasteiger partial charge >= 0.3 is 0 Å². The summed E-state index contributed by atoms with van der Waals surface area (Å²) in [4.78, 5) is 6.17. The Morgan fingerprint density at radius 3 is 1.97 bits per heavy atom. The maximum Gasteiger partial charge on any atom is 0.0456 e. The van der Waals surface area contributed by atoms with E-state index in [1.807, 2.05) is 0 Å². The molecule has 0 atom stereocenters. The van der Waals surface area contributed by atoms with E-state index < -0.39 is 0 Å². The Labute approximate surface area is 195 Å². The molecule has 2 aliphatic rings. The van der Waals surface area contributed by atoms with Crippen LogP contribution in [0.25, 0.3) is 28.6 Å². The second-order valence-electron chi connectivity index (χ2n) is 8.64. The fraction of sp³-hybridized carbons (Fsp3) is 0.172. The lowest BCUT2D eigenvalue weighted by Crippen LogP contribution is -2.30. The predicted octanol–water partition coefficient (Wildman–Crippen LogP) is 7.17. The number of H-pyrrole nitrogens is 1. The standard InChI is InChI=1S/C29H26N2.ClH/c1-4-10-26-21(7-1)13-14-22-8-2-5-11-27(22)29(26)23-15-17-31(18-16-23)20-25-19-24-9-3-6-12-28(24)30-25;/h1-14,19,30H,15-18,20H2;1H. The number of aromatic nitrogens is 1. The van der Waals surface area contributed by atoms with Gasteiger partial charge in [-0.05, 0) is 58.2 Å². The van der Waals surface area contributed by atoms with Gasteiger partial charge in [-0.15, -0.1) is 12.4 Å². The molecule has 1 aromatic heterocycles. The third kappa shape index (κ3) is 3.81. The smallest absolute Gasteiger partial charge is 0.0456 e. The van der Waals surface area contributed by atoms with Crippen molar-refractivity contribution >= 4 is 41.0 Å². The lowest BCUT2D eigenvalue weighted by molar-refractivity contribution is 0.246. The number of benzene rings is 3. The Morgan fingerprint density at radius 1 is 0.719 bits per heavy atom. The van der Waals surface area contributed by atoms with E-state index in [1.165, 1.54) is 44.4 Å². The molecule has 1 saturated heterocycles. The van der Waals surface area contributed by atoms with Crippen LogP contribution < -0.4 is 0 Å². The lowest BCUT2D eigenvalue weighted by atomic mass is 9.86. The van der Waals surface area contributed by atoms with Gasteiger partial charge in [0.1, 0.15) is 0 Å². The van der Waals surface area contributed by atoms with Crippen LogP contribution in [0.4, 0.5) is 0 Å². The van der Waals surface area contributed by atoms with E-state index >= 15 is 0 Å². The van der Waals surface area contributed by atoms with Gasteiger partial charge in [0, 0.05) is 30.8 Å². The van der Waals surface area contributed by atoms with E-state index in [9.17, 15) is 0 Å². The molecular formula is C29H27ClN2. The number of likely N-dealkylation sites (tertiary alicyclic amines) is 1. The SMILES string of the molecule is C1=Cc2ccccc2C(=C2CCN(Cc3cc4ccccc4[nH]3)CC2)c2ccccc21.Cl. The van der Waals surface area contributed by atoms with Crippen molar-refractivity contribution in [3.8, 4) is 0 Å². The van der Waals surface area contributed by atoms with Crippen molar-refractivity contribution in [1.82, 2.24) is 9.88 Å². The number of hydrogen-bond donors (Lipinski definition) is 1. The first-order valence-electron chi connectivity index (χ1n) is 11.2. The minimum absolute atomic E-state index is 0. The molecule has 6 rings (SSSR count). The van der Waals surface area contributed by atoms with Crippen molar-refractivity contribution in [2.24, 2.45) is 0 Å². The van der Waals surface area contributed by atoms with Crippen molar-refractivity contribution in [2.75, 3.05) is 13.1 Å². The zero-order valence-electron chi connectivity index (χ0n) is 18.1. The molecule has 0 amide bonds. The van der Waals surface area contributed by atoms with Crippen LogP contribution >= 0.6 is 12.4 Å². The number of hydrogen-bond acceptors (Lipinski definition) is 1. The molecule has 160 valence electrons. The fourth-order valence-electron chi connectivity index (χ4n) is 5.14. The Hall–Kier alpha value is -3.07. The normalized spacial score (nSPS) is 15.8. The summed E-state index contributed by atoms with van der Waals surface area (Å²) in [5.41, 5.74) is 11.0. The topological polar surface area (TPSA) is 19.0 Å². The molecule has 0 spiro atoms. The number of fused-ring (bicyclic) bond motifs is 3. The molecule has 0 saturated carbocycles. The number of nitrogens with zero attached hydrogens (tertiary/aromatic N) is 1. The molecule has 0 bridgehead atoms. The highest BCUT2D eigenvalue weighted by atomic mass is 35.5. The first-order chi connectivity index (χ1) is 15.3. The van der Waals surface area contributed by atoms with Gasteiger partial charge in [-0.2, -0.15) is 0 Å². The fourth-order valence-corrected chi connectivity index (χ4v) is 5.14. The molecule has 1 aliphatic carbocycles. The van der Waals surface area contributed by atoms with Crippen molar-refractivity contribution in [3.63, 3.8) is 0 Å². The van der Waals surface area contributed by atoms with Crippen molar-refractivity contribution in [3.05, 3.63) is 112 Å². The van der Waals surface area contributed by atoms with Gasteiger partial charge in [-0.3, -0.25) is 4.90 Å². The number of piperidine rings is 1. The second kappa shape index (κ2) is 8.82. The van der Waals surface area contributed by atoms with Crippen LogP contribution in [-0.4, -0.2) is 23.0 Å².